The fraction of sp³-hybridized carbons (Fsp3) is 0.296. The van der Waals surface area contributed by atoms with Crippen LogP contribution in [0.1, 0.15) is 0 Å². The van der Waals surface area contributed by atoms with Crippen LogP contribution in [0.4, 0.5) is 5.69 Å². The molecule has 0 atom stereocenters. The first-order valence-corrected chi connectivity index (χ1v) is 13.6. The number of thioether (sulfide) groups is 2. The molecule has 1 fully saturated rings. The van der Waals surface area contributed by atoms with E-state index in [0.29, 0.717) is 16.9 Å². The maximum atomic E-state index is 6.40. The predicted molar refractivity (Wildman–Crippen MR) is 146 cm³/mol. The third-order valence-corrected chi connectivity index (χ3v) is 8.76. The van der Waals surface area contributed by atoms with Gasteiger partial charge in [-0.3, -0.25) is 0 Å². The number of aromatic nitrogens is 1. The standard InChI is InChI=1S/C27H29N3O2S2/c1-30(2)14-15-31-21-10-8-20(9-11-21)26-24(19-6-4-3-5-7-19)25-22(12-13-28-27(25)32-26)29-18-23-33-16-17-34-23/h3-13,23H,14-18H2,1-2H3,(H,28,29). The molecule has 5 nitrogen and oxygen atoms in total. The molecular formula is C27H29N3O2S2. The third kappa shape index (κ3) is 5.22. The van der Waals surface area contributed by atoms with E-state index in [4.69, 9.17) is 9.15 Å². The lowest BCUT2D eigenvalue weighted by Gasteiger charge is -2.13. The molecule has 2 aromatic heterocycles. The highest BCUT2D eigenvalue weighted by Crippen LogP contribution is 2.43. The summed E-state index contributed by atoms with van der Waals surface area (Å²) in [4.78, 5) is 6.69. The van der Waals surface area contributed by atoms with Crippen molar-refractivity contribution < 1.29 is 9.15 Å². The number of anilines is 1. The molecule has 0 aliphatic carbocycles. The lowest BCUT2D eigenvalue weighted by Crippen LogP contribution is -2.19. The van der Waals surface area contributed by atoms with Crippen molar-refractivity contribution in [1.82, 2.24) is 9.88 Å². The zero-order valence-corrected chi connectivity index (χ0v) is 21.1. The van der Waals surface area contributed by atoms with E-state index in [1.807, 2.05) is 62.0 Å². The number of nitrogens with zero attached hydrogens (tertiary/aromatic N) is 2. The molecule has 1 N–H and O–H groups in total. The lowest BCUT2D eigenvalue weighted by atomic mass is 9.98. The highest BCUT2D eigenvalue weighted by Gasteiger charge is 2.22. The third-order valence-electron chi connectivity index (χ3n) is 5.73. The number of likely N-dealkylation sites (N-methyl/N-ethyl adjacent to an activating group) is 1. The molecule has 7 heteroatoms. The number of pyridine rings is 1. The van der Waals surface area contributed by atoms with Gasteiger partial charge in [0.1, 0.15) is 18.1 Å². The van der Waals surface area contributed by atoms with Crippen LogP contribution >= 0.6 is 23.5 Å². The zero-order valence-electron chi connectivity index (χ0n) is 19.5. The van der Waals surface area contributed by atoms with Crippen LogP contribution in [0.3, 0.4) is 0 Å². The minimum Gasteiger partial charge on any atom is -0.492 e. The van der Waals surface area contributed by atoms with Gasteiger partial charge in [0.2, 0.25) is 5.71 Å². The Hall–Kier alpha value is -2.61. The molecule has 0 amide bonds. The van der Waals surface area contributed by atoms with Crippen LogP contribution in [0.5, 0.6) is 5.75 Å². The van der Waals surface area contributed by atoms with Gasteiger partial charge in [-0.2, -0.15) is 0 Å². The molecule has 176 valence electrons. The van der Waals surface area contributed by atoms with E-state index in [1.54, 1.807) is 0 Å². The first-order valence-electron chi connectivity index (χ1n) is 11.5. The topological polar surface area (TPSA) is 50.5 Å². The van der Waals surface area contributed by atoms with Gasteiger partial charge in [-0.05, 0) is 50.0 Å². The van der Waals surface area contributed by atoms with Crippen LogP contribution in [-0.4, -0.2) is 59.8 Å². The van der Waals surface area contributed by atoms with E-state index in [2.05, 4.69) is 57.7 Å². The summed E-state index contributed by atoms with van der Waals surface area (Å²) in [6, 6.07) is 20.6. The first-order chi connectivity index (χ1) is 16.7. The molecule has 2 aromatic carbocycles. The number of hydrogen-bond acceptors (Lipinski definition) is 7. The maximum absolute atomic E-state index is 6.40. The fourth-order valence-corrected chi connectivity index (χ4v) is 6.68. The van der Waals surface area contributed by atoms with Crippen LogP contribution in [0.2, 0.25) is 0 Å². The summed E-state index contributed by atoms with van der Waals surface area (Å²) in [6.07, 6.45) is 1.82. The van der Waals surface area contributed by atoms with Gasteiger partial charge < -0.3 is 19.4 Å². The molecule has 4 aromatic rings. The monoisotopic (exact) mass is 491 g/mol. The number of ether oxygens (including phenoxy) is 1. The van der Waals surface area contributed by atoms with E-state index in [0.717, 1.165) is 52.4 Å². The molecule has 5 rings (SSSR count). The minimum atomic E-state index is 0.579. The molecule has 0 spiro atoms. The summed E-state index contributed by atoms with van der Waals surface area (Å²) in [5.41, 5.74) is 4.90. The summed E-state index contributed by atoms with van der Waals surface area (Å²) in [7, 11) is 4.09. The number of benzene rings is 2. The Bertz CT molecular complexity index is 1220. The number of rotatable bonds is 9. The second kappa shape index (κ2) is 10.8. The Labute approximate surface area is 209 Å². The summed E-state index contributed by atoms with van der Waals surface area (Å²) >= 11 is 4.05. The van der Waals surface area contributed by atoms with Crippen molar-refractivity contribution in [3.8, 4) is 28.2 Å². The van der Waals surface area contributed by atoms with Crippen molar-refractivity contribution >= 4 is 40.3 Å². The Kier molecular flexibility index (Phi) is 7.33. The van der Waals surface area contributed by atoms with Crippen molar-refractivity contribution in [2.45, 2.75) is 4.58 Å². The normalized spacial score (nSPS) is 14.2. The van der Waals surface area contributed by atoms with Gasteiger partial charge in [0.15, 0.2) is 0 Å². The highest BCUT2D eigenvalue weighted by atomic mass is 32.2. The van der Waals surface area contributed by atoms with E-state index in [9.17, 15) is 0 Å². The van der Waals surface area contributed by atoms with Crippen molar-refractivity contribution in [2.75, 3.05) is 50.6 Å². The molecule has 0 radical (unpaired) electrons. The summed E-state index contributed by atoms with van der Waals surface area (Å²) in [5.74, 6) is 4.13. The van der Waals surface area contributed by atoms with Gasteiger partial charge >= 0.3 is 0 Å². The fourth-order valence-electron chi connectivity index (χ4n) is 4.02. The molecule has 1 saturated heterocycles. The number of hydrogen-bond donors (Lipinski definition) is 1. The van der Waals surface area contributed by atoms with Crippen molar-refractivity contribution in [2.24, 2.45) is 0 Å². The van der Waals surface area contributed by atoms with E-state index < -0.39 is 0 Å². The van der Waals surface area contributed by atoms with Gasteiger partial charge in [0.05, 0.1) is 9.97 Å². The van der Waals surface area contributed by atoms with Crippen molar-refractivity contribution in [3.05, 3.63) is 66.9 Å². The first kappa shape index (κ1) is 23.1. The van der Waals surface area contributed by atoms with E-state index >= 15 is 0 Å². The Morgan fingerprint density at radius 2 is 1.76 bits per heavy atom. The molecule has 1 aliphatic heterocycles. The van der Waals surface area contributed by atoms with E-state index in [1.165, 1.54) is 11.5 Å². The minimum absolute atomic E-state index is 0.579. The lowest BCUT2D eigenvalue weighted by molar-refractivity contribution is 0.261. The number of nitrogens with one attached hydrogen (secondary N) is 1. The molecule has 1 aliphatic rings. The molecule has 0 bridgehead atoms. The van der Waals surface area contributed by atoms with Gasteiger partial charge in [0.25, 0.3) is 0 Å². The van der Waals surface area contributed by atoms with Gasteiger partial charge in [-0.1, -0.05) is 30.3 Å². The molecule has 34 heavy (non-hydrogen) atoms. The summed E-state index contributed by atoms with van der Waals surface area (Å²) < 4.78 is 12.9. The Morgan fingerprint density at radius 1 is 1.00 bits per heavy atom. The van der Waals surface area contributed by atoms with Gasteiger partial charge in [-0.25, -0.2) is 4.98 Å². The van der Waals surface area contributed by atoms with Crippen LogP contribution in [-0.2, 0) is 0 Å². The average molecular weight is 492 g/mol. The average Bonchev–Trinajstić information content (AvgIpc) is 3.52. The molecular weight excluding hydrogens is 462 g/mol. The van der Waals surface area contributed by atoms with Crippen LogP contribution in [0, 0.1) is 0 Å². The van der Waals surface area contributed by atoms with Crippen LogP contribution < -0.4 is 10.1 Å². The zero-order chi connectivity index (χ0) is 23.3. The summed E-state index contributed by atoms with van der Waals surface area (Å²) in [6.45, 7) is 2.45. The molecule has 0 unspecified atom stereocenters. The Morgan fingerprint density at radius 3 is 2.50 bits per heavy atom. The number of furan rings is 1. The molecule has 0 saturated carbocycles. The van der Waals surface area contributed by atoms with Crippen LogP contribution in [0.15, 0.2) is 71.3 Å². The smallest absolute Gasteiger partial charge is 0.229 e. The van der Waals surface area contributed by atoms with Crippen molar-refractivity contribution in [1.29, 1.82) is 0 Å². The SMILES string of the molecule is CN(C)CCOc1ccc(-c2oc3nccc(NCC4SCCS4)c3c2-c2ccccc2)cc1. The largest absolute Gasteiger partial charge is 0.492 e. The van der Waals surface area contributed by atoms with Crippen LogP contribution in [0.25, 0.3) is 33.6 Å². The van der Waals surface area contributed by atoms with Gasteiger partial charge in [0, 0.05) is 47.6 Å². The Balaban J connectivity index is 1.52. The van der Waals surface area contributed by atoms with Gasteiger partial charge in [-0.15, -0.1) is 23.5 Å². The van der Waals surface area contributed by atoms with Crippen molar-refractivity contribution in [3.63, 3.8) is 0 Å². The highest BCUT2D eigenvalue weighted by molar-refractivity contribution is 8.20. The maximum Gasteiger partial charge on any atom is 0.229 e. The number of fused-ring (bicyclic) bond motifs is 1. The van der Waals surface area contributed by atoms with E-state index in [-0.39, 0.29) is 0 Å². The second-order valence-electron chi connectivity index (χ2n) is 8.44. The predicted octanol–water partition coefficient (Wildman–Crippen LogP) is 6.32. The summed E-state index contributed by atoms with van der Waals surface area (Å²) in [5, 5.41) is 4.71. The second-order valence-corrected chi connectivity index (χ2v) is 11.4. The quantitative estimate of drug-likeness (QED) is 0.294. The molecule has 3 heterocycles.